The fraction of sp³-hybridized carbons (Fsp3) is 0.571. The summed E-state index contributed by atoms with van der Waals surface area (Å²) in [7, 11) is 0. The molecule has 102 valence electrons. The van der Waals surface area contributed by atoms with E-state index in [1.165, 1.54) is 21.4 Å². The number of nitrogens with one attached hydrogen (secondary N) is 1. The van der Waals surface area contributed by atoms with Crippen LogP contribution in [0.5, 0.6) is 0 Å². The summed E-state index contributed by atoms with van der Waals surface area (Å²) in [5.41, 5.74) is 0.807. The molecule has 0 fully saturated rings. The van der Waals surface area contributed by atoms with E-state index in [0.717, 1.165) is 29.5 Å². The molecule has 1 aliphatic rings. The lowest BCUT2D eigenvalue weighted by atomic mass is 9.97. The summed E-state index contributed by atoms with van der Waals surface area (Å²) < 4.78 is 1.36. The first kappa shape index (κ1) is 12.7. The summed E-state index contributed by atoms with van der Waals surface area (Å²) in [5.74, 6) is 0.283. The SMILES string of the molecule is CC(C)Cn1c(=O)[nH]c2sc3c(c2c1=O)CCCC3. The maximum Gasteiger partial charge on any atom is 0.329 e. The molecule has 0 atom stereocenters. The number of thiophene rings is 1. The van der Waals surface area contributed by atoms with Gasteiger partial charge in [-0.2, -0.15) is 0 Å². The summed E-state index contributed by atoms with van der Waals surface area (Å²) in [6.07, 6.45) is 4.34. The van der Waals surface area contributed by atoms with E-state index in [9.17, 15) is 9.59 Å². The maximum atomic E-state index is 12.6. The zero-order valence-corrected chi connectivity index (χ0v) is 12.1. The molecule has 0 aliphatic heterocycles. The van der Waals surface area contributed by atoms with Gasteiger partial charge in [-0.1, -0.05) is 13.8 Å². The van der Waals surface area contributed by atoms with Crippen LogP contribution in [0.2, 0.25) is 0 Å². The lowest BCUT2D eigenvalue weighted by molar-refractivity contribution is 0.496. The Labute approximate surface area is 115 Å². The van der Waals surface area contributed by atoms with Crippen molar-refractivity contribution < 1.29 is 0 Å². The molecular formula is C14H18N2O2S. The molecule has 19 heavy (non-hydrogen) atoms. The molecule has 1 N–H and O–H groups in total. The molecule has 0 saturated carbocycles. The third-order valence-corrected chi connectivity index (χ3v) is 4.85. The Balaban J connectivity index is 2.30. The van der Waals surface area contributed by atoms with Crippen molar-refractivity contribution in [1.29, 1.82) is 0 Å². The molecule has 1 aliphatic carbocycles. The highest BCUT2D eigenvalue weighted by molar-refractivity contribution is 7.18. The summed E-state index contributed by atoms with van der Waals surface area (Å²) in [4.78, 5) is 29.5. The quantitative estimate of drug-likeness (QED) is 0.916. The highest BCUT2D eigenvalue weighted by Crippen LogP contribution is 2.32. The Kier molecular flexibility index (Phi) is 3.09. The molecule has 4 nitrogen and oxygen atoms in total. The van der Waals surface area contributed by atoms with Gasteiger partial charge in [0.15, 0.2) is 0 Å². The molecule has 0 spiro atoms. The van der Waals surface area contributed by atoms with Crippen LogP contribution in [-0.4, -0.2) is 9.55 Å². The van der Waals surface area contributed by atoms with E-state index in [4.69, 9.17) is 0 Å². The number of fused-ring (bicyclic) bond motifs is 3. The van der Waals surface area contributed by atoms with Crippen molar-refractivity contribution in [2.75, 3.05) is 0 Å². The van der Waals surface area contributed by atoms with Crippen molar-refractivity contribution in [3.05, 3.63) is 31.3 Å². The fourth-order valence-corrected chi connectivity index (χ4v) is 4.07. The number of aryl methyl sites for hydroxylation is 2. The van der Waals surface area contributed by atoms with Gasteiger partial charge >= 0.3 is 5.69 Å². The normalized spacial score (nSPS) is 15.1. The monoisotopic (exact) mass is 278 g/mol. The van der Waals surface area contributed by atoms with Crippen LogP contribution in [0, 0.1) is 5.92 Å². The summed E-state index contributed by atoms with van der Waals surface area (Å²) >= 11 is 1.59. The van der Waals surface area contributed by atoms with Gasteiger partial charge in [0.1, 0.15) is 4.83 Å². The number of hydrogen-bond donors (Lipinski definition) is 1. The molecular weight excluding hydrogens is 260 g/mol. The number of hydrogen-bond acceptors (Lipinski definition) is 3. The molecule has 3 rings (SSSR count). The average Bonchev–Trinajstić information content (AvgIpc) is 2.72. The van der Waals surface area contributed by atoms with Crippen molar-refractivity contribution in [3.63, 3.8) is 0 Å². The number of aromatic amines is 1. The van der Waals surface area contributed by atoms with E-state index in [-0.39, 0.29) is 17.2 Å². The number of nitrogens with zero attached hydrogens (tertiary/aromatic N) is 1. The molecule has 5 heteroatoms. The van der Waals surface area contributed by atoms with Crippen LogP contribution in [0.15, 0.2) is 9.59 Å². The molecule has 0 unspecified atom stereocenters. The summed E-state index contributed by atoms with van der Waals surface area (Å²) in [5, 5.41) is 0.764. The predicted octanol–water partition coefficient (Wildman–Crippen LogP) is 2.29. The minimum Gasteiger partial charge on any atom is -0.298 e. The zero-order valence-electron chi connectivity index (χ0n) is 11.3. The van der Waals surface area contributed by atoms with Crippen molar-refractivity contribution >= 4 is 21.6 Å². The van der Waals surface area contributed by atoms with Gasteiger partial charge in [0, 0.05) is 11.4 Å². The molecule has 0 saturated heterocycles. The van der Waals surface area contributed by atoms with Gasteiger partial charge in [-0.05, 0) is 37.2 Å². The van der Waals surface area contributed by atoms with Gasteiger partial charge < -0.3 is 0 Å². The second kappa shape index (κ2) is 4.63. The first-order valence-corrected chi connectivity index (χ1v) is 7.67. The van der Waals surface area contributed by atoms with Crippen molar-refractivity contribution in [2.24, 2.45) is 5.92 Å². The van der Waals surface area contributed by atoms with E-state index in [2.05, 4.69) is 4.98 Å². The molecule has 0 amide bonds. The molecule has 0 bridgehead atoms. The first-order valence-electron chi connectivity index (χ1n) is 6.85. The number of H-pyrrole nitrogens is 1. The minimum absolute atomic E-state index is 0.105. The van der Waals surface area contributed by atoms with Crippen LogP contribution in [-0.2, 0) is 19.4 Å². The van der Waals surface area contributed by atoms with Gasteiger partial charge in [0.05, 0.1) is 5.39 Å². The smallest absolute Gasteiger partial charge is 0.298 e. The maximum absolute atomic E-state index is 12.6. The Hall–Kier alpha value is -1.36. The van der Waals surface area contributed by atoms with E-state index in [1.54, 1.807) is 11.3 Å². The van der Waals surface area contributed by atoms with Crippen molar-refractivity contribution in [2.45, 2.75) is 46.1 Å². The summed E-state index contributed by atoms with van der Waals surface area (Å²) in [6, 6.07) is 0. The van der Waals surface area contributed by atoms with Crippen LogP contribution < -0.4 is 11.2 Å². The van der Waals surface area contributed by atoms with E-state index in [0.29, 0.717) is 6.54 Å². The van der Waals surface area contributed by atoms with Gasteiger partial charge in [-0.25, -0.2) is 4.79 Å². The number of aromatic nitrogens is 2. The number of rotatable bonds is 2. The highest BCUT2D eigenvalue weighted by Gasteiger charge is 2.20. The van der Waals surface area contributed by atoms with E-state index >= 15 is 0 Å². The topological polar surface area (TPSA) is 54.9 Å². The second-order valence-electron chi connectivity index (χ2n) is 5.65. The largest absolute Gasteiger partial charge is 0.329 e. The molecule has 2 aromatic rings. The fourth-order valence-electron chi connectivity index (χ4n) is 2.80. The lowest BCUT2D eigenvalue weighted by Crippen LogP contribution is -2.36. The van der Waals surface area contributed by atoms with Crippen LogP contribution in [0.1, 0.15) is 37.1 Å². The zero-order chi connectivity index (χ0) is 13.6. The summed E-state index contributed by atoms with van der Waals surface area (Å²) in [6.45, 7) is 4.51. The van der Waals surface area contributed by atoms with Crippen LogP contribution >= 0.6 is 11.3 Å². The van der Waals surface area contributed by atoms with Gasteiger partial charge in [-0.3, -0.25) is 14.3 Å². The molecule has 0 aromatic carbocycles. The van der Waals surface area contributed by atoms with E-state index in [1.807, 2.05) is 13.8 Å². The van der Waals surface area contributed by atoms with Gasteiger partial charge in [-0.15, -0.1) is 11.3 Å². The Morgan fingerprint density at radius 2 is 2.00 bits per heavy atom. The molecule has 2 aromatic heterocycles. The Morgan fingerprint density at radius 3 is 2.74 bits per heavy atom. The third-order valence-electron chi connectivity index (χ3n) is 3.64. The standard InChI is InChI=1S/C14H18N2O2S/c1-8(2)7-16-13(17)11-9-5-3-4-6-10(9)19-12(11)15-14(16)18/h8H,3-7H2,1-2H3,(H,15,18). The molecule has 2 heterocycles. The van der Waals surface area contributed by atoms with Crippen molar-refractivity contribution in [1.82, 2.24) is 9.55 Å². The Bertz CT molecular complexity index is 736. The van der Waals surface area contributed by atoms with Crippen molar-refractivity contribution in [3.8, 4) is 0 Å². The highest BCUT2D eigenvalue weighted by atomic mass is 32.1. The van der Waals surface area contributed by atoms with Gasteiger partial charge in [0.2, 0.25) is 0 Å². The van der Waals surface area contributed by atoms with Gasteiger partial charge in [0.25, 0.3) is 5.56 Å². The average molecular weight is 278 g/mol. The Morgan fingerprint density at radius 1 is 1.26 bits per heavy atom. The lowest BCUT2D eigenvalue weighted by Gasteiger charge is -2.11. The third kappa shape index (κ3) is 2.06. The predicted molar refractivity (Wildman–Crippen MR) is 78.2 cm³/mol. The van der Waals surface area contributed by atoms with Crippen LogP contribution in [0.25, 0.3) is 10.2 Å². The first-order chi connectivity index (χ1) is 9.08. The van der Waals surface area contributed by atoms with Crippen LogP contribution in [0.4, 0.5) is 0 Å². The molecule has 0 radical (unpaired) electrons. The second-order valence-corrected chi connectivity index (χ2v) is 6.76. The van der Waals surface area contributed by atoms with E-state index < -0.39 is 0 Å². The minimum atomic E-state index is -0.273. The van der Waals surface area contributed by atoms with Crippen LogP contribution in [0.3, 0.4) is 0 Å².